The van der Waals surface area contributed by atoms with Crippen LogP contribution in [0.5, 0.6) is 11.6 Å². The molecule has 1 amide bonds. The van der Waals surface area contributed by atoms with E-state index in [1.165, 1.54) is 0 Å². The van der Waals surface area contributed by atoms with Gasteiger partial charge in [-0.1, -0.05) is 0 Å². The van der Waals surface area contributed by atoms with Gasteiger partial charge in [-0.05, 0) is 58.1 Å². The number of likely N-dealkylation sites (tertiary alicyclic amines) is 1. The minimum Gasteiger partial charge on any atom is -0.503 e. The van der Waals surface area contributed by atoms with Crippen LogP contribution in [0.3, 0.4) is 0 Å². The molecule has 0 unspecified atom stereocenters. The minimum absolute atomic E-state index is 0.0623. The number of piperidine rings is 1. The number of carbonyl (C=O) groups is 1. The lowest BCUT2D eigenvalue weighted by Crippen LogP contribution is -2.41. The van der Waals surface area contributed by atoms with Gasteiger partial charge in [0.05, 0.1) is 6.61 Å². The molecule has 1 fully saturated rings. The van der Waals surface area contributed by atoms with E-state index < -0.39 is 5.60 Å². The van der Waals surface area contributed by atoms with E-state index in [-0.39, 0.29) is 17.7 Å². The molecule has 1 aliphatic heterocycles. The summed E-state index contributed by atoms with van der Waals surface area (Å²) in [5, 5.41) is 9.59. The molecule has 128 valence electrons. The van der Waals surface area contributed by atoms with Gasteiger partial charge in [0.25, 0.3) is 5.88 Å². The molecule has 6 heteroatoms. The van der Waals surface area contributed by atoms with Crippen molar-refractivity contribution in [3.05, 3.63) is 18.3 Å². The Labute approximate surface area is 137 Å². The lowest BCUT2D eigenvalue weighted by Gasteiger charge is -2.33. The summed E-state index contributed by atoms with van der Waals surface area (Å²) in [5.41, 5.74) is -0.452. The molecular weight excluding hydrogens is 296 g/mol. The quantitative estimate of drug-likeness (QED) is 0.921. The van der Waals surface area contributed by atoms with E-state index >= 15 is 0 Å². The Morgan fingerprint density at radius 2 is 2.09 bits per heavy atom. The predicted molar refractivity (Wildman–Crippen MR) is 86.5 cm³/mol. The van der Waals surface area contributed by atoms with Gasteiger partial charge in [-0.3, -0.25) is 0 Å². The van der Waals surface area contributed by atoms with Gasteiger partial charge >= 0.3 is 6.09 Å². The number of hydrogen-bond donors (Lipinski definition) is 1. The first-order chi connectivity index (χ1) is 10.8. The number of pyridine rings is 1. The predicted octanol–water partition coefficient (Wildman–Crippen LogP) is 3.20. The van der Waals surface area contributed by atoms with Crippen LogP contribution in [0.15, 0.2) is 18.3 Å². The van der Waals surface area contributed by atoms with Gasteiger partial charge in [0, 0.05) is 19.3 Å². The highest BCUT2D eigenvalue weighted by molar-refractivity contribution is 5.68. The zero-order valence-electron chi connectivity index (χ0n) is 14.1. The highest BCUT2D eigenvalue weighted by atomic mass is 16.6. The molecule has 1 saturated heterocycles. The number of rotatable bonds is 4. The van der Waals surface area contributed by atoms with Crippen molar-refractivity contribution in [2.75, 3.05) is 19.7 Å². The highest BCUT2D eigenvalue weighted by Crippen LogP contribution is 2.24. The third-order valence-electron chi connectivity index (χ3n) is 3.78. The fourth-order valence-electron chi connectivity index (χ4n) is 2.55. The van der Waals surface area contributed by atoms with Crippen molar-refractivity contribution in [2.24, 2.45) is 5.92 Å². The first-order valence-corrected chi connectivity index (χ1v) is 8.10. The van der Waals surface area contributed by atoms with Crippen molar-refractivity contribution < 1.29 is 19.4 Å². The van der Waals surface area contributed by atoms with Crippen LogP contribution in [0.2, 0.25) is 0 Å². The Balaban J connectivity index is 1.69. The Kier molecular flexibility index (Phi) is 5.69. The molecule has 1 aromatic rings. The Bertz CT molecular complexity index is 520. The van der Waals surface area contributed by atoms with E-state index in [2.05, 4.69) is 4.98 Å². The number of amides is 1. The Hall–Kier alpha value is -1.98. The lowest BCUT2D eigenvalue weighted by atomic mass is 9.94. The molecule has 1 N–H and O–H groups in total. The summed E-state index contributed by atoms with van der Waals surface area (Å²) in [6.45, 7) is 7.58. The SMILES string of the molecule is CC(C)(C)OC(=O)N1CCC(CCOc2ncccc2O)CC1. The van der Waals surface area contributed by atoms with E-state index in [1.807, 2.05) is 20.8 Å². The molecule has 0 atom stereocenters. The summed E-state index contributed by atoms with van der Waals surface area (Å²) in [6.07, 6.45) is 4.13. The smallest absolute Gasteiger partial charge is 0.410 e. The molecule has 0 saturated carbocycles. The average Bonchev–Trinajstić information content (AvgIpc) is 2.48. The lowest BCUT2D eigenvalue weighted by molar-refractivity contribution is 0.0177. The second kappa shape index (κ2) is 7.53. The standard InChI is InChI=1S/C17H26N2O4/c1-17(2,3)23-16(21)19-10-6-13(7-11-19)8-12-22-15-14(20)5-4-9-18-15/h4-5,9,13,20H,6-8,10-12H2,1-3H3. The molecule has 0 radical (unpaired) electrons. The van der Waals surface area contributed by atoms with Gasteiger partial charge in [-0.2, -0.15) is 0 Å². The molecular formula is C17H26N2O4. The Morgan fingerprint density at radius 1 is 1.39 bits per heavy atom. The van der Waals surface area contributed by atoms with Crippen molar-refractivity contribution in [2.45, 2.75) is 45.6 Å². The largest absolute Gasteiger partial charge is 0.503 e. The molecule has 6 nitrogen and oxygen atoms in total. The maximum Gasteiger partial charge on any atom is 0.410 e. The Morgan fingerprint density at radius 3 is 2.70 bits per heavy atom. The van der Waals surface area contributed by atoms with Gasteiger partial charge in [-0.25, -0.2) is 9.78 Å². The van der Waals surface area contributed by atoms with Crippen LogP contribution in [-0.4, -0.2) is 46.4 Å². The molecule has 23 heavy (non-hydrogen) atoms. The van der Waals surface area contributed by atoms with Crippen molar-refractivity contribution in [1.82, 2.24) is 9.88 Å². The second-order valence-electron chi connectivity index (χ2n) is 6.88. The van der Waals surface area contributed by atoms with E-state index in [9.17, 15) is 9.90 Å². The molecule has 2 heterocycles. The summed E-state index contributed by atoms with van der Waals surface area (Å²) < 4.78 is 10.9. The van der Waals surface area contributed by atoms with Gasteiger partial charge in [-0.15, -0.1) is 0 Å². The highest BCUT2D eigenvalue weighted by Gasteiger charge is 2.26. The third kappa shape index (κ3) is 5.62. The number of hydrogen-bond acceptors (Lipinski definition) is 5. The molecule has 0 aromatic carbocycles. The minimum atomic E-state index is -0.452. The van der Waals surface area contributed by atoms with Crippen molar-refractivity contribution in [3.63, 3.8) is 0 Å². The fraction of sp³-hybridized carbons (Fsp3) is 0.647. The van der Waals surface area contributed by atoms with Gasteiger partial charge < -0.3 is 19.5 Å². The van der Waals surface area contributed by atoms with E-state index in [0.29, 0.717) is 25.6 Å². The number of aromatic nitrogens is 1. The summed E-state index contributed by atoms with van der Waals surface area (Å²) >= 11 is 0. The van der Waals surface area contributed by atoms with Gasteiger partial charge in [0.15, 0.2) is 5.75 Å². The van der Waals surface area contributed by atoms with E-state index in [1.54, 1.807) is 23.2 Å². The van der Waals surface area contributed by atoms with Crippen molar-refractivity contribution in [1.29, 1.82) is 0 Å². The maximum atomic E-state index is 12.0. The molecule has 0 bridgehead atoms. The van der Waals surface area contributed by atoms with E-state index in [4.69, 9.17) is 9.47 Å². The fourth-order valence-corrected chi connectivity index (χ4v) is 2.55. The molecule has 0 spiro atoms. The van der Waals surface area contributed by atoms with Crippen molar-refractivity contribution >= 4 is 6.09 Å². The second-order valence-corrected chi connectivity index (χ2v) is 6.88. The molecule has 1 aliphatic rings. The number of nitrogens with zero attached hydrogens (tertiary/aromatic N) is 2. The van der Waals surface area contributed by atoms with Crippen LogP contribution in [0.25, 0.3) is 0 Å². The van der Waals surface area contributed by atoms with Crippen LogP contribution < -0.4 is 4.74 Å². The van der Waals surface area contributed by atoms with Crippen LogP contribution in [0.1, 0.15) is 40.0 Å². The first-order valence-electron chi connectivity index (χ1n) is 8.10. The molecule has 1 aromatic heterocycles. The zero-order valence-corrected chi connectivity index (χ0v) is 14.1. The summed E-state index contributed by atoms with van der Waals surface area (Å²) in [6, 6.07) is 3.22. The summed E-state index contributed by atoms with van der Waals surface area (Å²) in [5.74, 6) is 0.852. The van der Waals surface area contributed by atoms with Crippen LogP contribution in [-0.2, 0) is 4.74 Å². The first kappa shape index (κ1) is 17.4. The van der Waals surface area contributed by atoms with Crippen LogP contribution in [0.4, 0.5) is 4.79 Å². The molecule has 2 rings (SSSR count). The normalized spacial score (nSPS) is 16.2. The van der Waals surface area contributed by atoms with E-state index in [0.717, 1.165) is 19.3 Å². The summed E-state index contributed by atoms with van der Waals surface area (Å²) in [7, 11) is 0. The summed E-state index contributed by atoms with van der Waals surface area (Å²) in [4.78, 5) is 17.8. The maximum absolute atomic E-state index is 12.0. The number of aromatic hydroxyl groups is 1. The molecule has 0 aliphatic carbocycles. The topological polar surface area (TPSA) is 71.9 Å². The van der Waals surface area contributed by atoms with Crippen LogP contribution in [0, 0.1) is 5.92 Å². The van der Waals surface area contributed by atoms with Crippen molar-refractivity contribution in [3.8, 4) is 11.6 Å². The number of carbonyl (C=O) groups excluding carboxylic acids is 1. The monoisotopic (exact) mass is 322 g/mol. The van der Waals surface area contributed by atoms with Crippen LogP contribution >= 0.6 is 0 Å². The third-order valence-corrected chi connectivity index (χ3v) is 3.78. The van der Waals surface area contributed by atoms with Gasteiger partial charge in [0.1, 0.15) is 5.60 Å². The zero-order chi connectivity index (χ0) is 16.9. The average molecular weight is 322 g/mol. The van der Waals surface area contributed by atoms with Gasteiger partial charge in [0.2, 0.25) is 0 Å². The number of ether oxygens (including phenoxy) is 2.